The summed E-state index contributed by atoms with van der Waals surface area (Å²) < 4.78 is 43.2. The van der Waals surface area contributed by atoms with Gasteiger partial charge in [0.15, 0.2) is 0 Å². The average Bonchev–Trinajstić information content (AvgIpc) is 2.98. The van der Waals surface area contributed by atoms with Gasteiger partial charge in [0.25, 0.3) is 10.0 Å². The first-order chi connectivity index (χ1) is 21.2. The molecular weight excluding hydrogens is 589 g/mol. The monoisotopic (exact) mass is 629 g/mol. The van der Waals surface area contributed by atoms with Crippen LogP contribution in [0, 0.1) is 19.7 Å². The molecule has 0 bridgehead atoms. The molecule has 0 saturated carbocycles. The molecule has 4 rings (SSSR count). The molecule has 2 amide bonds. The second-order valence-corrected chi connectivity index (χ2v) is 14.1. The quantitative estimate of drug-likeness (QED) is 0.214. The van der Waals surface area contributed by atoms with Crippen LogP contribution >= 0.6 is 0 Å². The summed E-state index contributed by atoms with van der Waals surface area (Å²) in [5, 5.41) is 3.00. The van der Waals surface area contributed by atoms with Crippen molar-refractivity contribution in [2.24, 2.45) is 0 Å². The zero-order valence-electron chi connectivity index (χ0n) is 26.3. The van der Waals surface area contributed by atoms with E-state index in [-0.39, 0.29) is 23.8 Å². The van der Waals surface area contributed by atoms with Crippen molar-refractivity contribution in [3.05, 3.63) is 131 Å². The van der Waals surface area contributed by atoms with Crippen LogP contribution in [0.3, 0.4) is 0 Å². The van der Waals surface area contributed by atoms with Crippen molar-refractivity contribution in [2.45, 2.75) is 64.1 Å². The Hall–Kier alpha value is -4.50. The largest absolute Gasteiger partial charge is 0.350 e. The van der Waals surface area contributed by atoms with Gasteiger partial charge in [0.2, 0.25) is 11.8 Å². The van der Waals surface area contributed by atoms with Crippen molar-refractivity contribution in [2.75, 3.05) is 10.8 Å². The van der Waals surface area contributed by atoms with Gasteiger partial charge in [0.05, 0.1) is 10.6 Å². The fourth-order valence-corrected chi connectivity index (χ4v) is 6.56. The zero-order chi connectivity index (χ0) is 32.8. The highest BCUT2D eigenvalue weighted by molar-refractivity contribution is 7.92. The van der Waals surface area contributed by atoms with Gasteiger partial charge in [-0.15, -0.1) is 0 Å². The molecule has 0 aliphatic rings. The van der Waals surface area contributed by atoms with Crippen LogP contribution in [0.2, 0.25) is 0 Å². The second-order valence-electron chi connectivity index (χ2n) is 12.3. The average molecular weight is 630 g/mol. The second kappa shape index (κ2) is 14.1. The van der Waals surface area contributed by atoms with Gasteiger partial charge in [0.1, 0.15) is 18.4 Å². The molecule has 0 unspecified atom stereocenters. The number of benzene rings is 4. The number of hydrogen-bond donors (Lipinski definition) is 1. The number of nitrogens with zero attached hydrogens (tertiary/aromatic N) is 2. The van der Waals surface area contributed by atoms with Crippen molar-refractivity contribution >= 4 is 27.5 Å². The highest BCUT2D eigenvalue weighted by Gasteiger charge is 2.35. The number of nitrogens with one attached hydrogen (secondary N) is 1. The third-order valence-electron chi connectivity index (χ3n) is 7.14. The minimum absolute atomic E-state index is 0.0355. The van der Waals surface area contributed by atoms with E-state index in [1.807, 2.05) is 71.0 Å². The van der Waals surface area contributed by atoms with Crippen LogP contribution < -0.4 is 9.62 Å². The number of amides is 2. The van der Waals surface area contributed by atoms with Gasteiger partial charge in [-0.05, 0) is 93.3 Å². The summed E-state index contributed by atoms with van der Waals surface area (Å²) in [5.41, 5.74) is 2.83. The topological polar surface area (TPSA) is 86.8 Å². The van der Waals surface area contributed by atoms with Crippen LogP contribution in [0.25, 0.3) is 0 Å². The molecule has 4 aromatic carbocycles. The SMILES string of the molecule is Cc1cc(C)cc(N(CC(=O)N(Cc2ccc(F)cc2)[C@H](Cc2ccccc2)C(=O)NC(C)(C)C)S(=O)(=O)c2ccccc2)c1. The number of sulfonamides is 1. The van der Waals surface area contributed by atoms with E-state index >= 15 is 0 Å². The maximum Gasteiger partial charge on any atom is 0.264 e. The summed E-state index contributed by atoms with van der Waals surface area (Å²) in [4.78, 5) is 29.9. The first-order valence-electron chi connectivity index (χ1n) is 14.8. The molecule has 1 atom stereocenters. The Morgan fingerprint density at radius 3 is 1.91 bits per heavy atom. The molecular formula is C36H40FN3O4S. The fourth-order valence-electron chi connectivity index (χ4n) is 5.14. The molecule has 236 valence electrons. The Bertz CT molecular complexity index is 1700. The van der Waals surface area contributed by atoms with Crippen LogP contribution in [0.4, 0.5) is 10.1 Å². The maximum atomic E-state index is 14.5. The Balaban J connectivity index is 1.83. The number of rotatable bonds is 11. The zero-order valence-corrected chi connectivity index (χ0v) is 27.1. The molecule has 9 heteroatoms. The van der Waals surface area contributed by atoms with Crippen molar-refractivity contribution in [1.29, 1.82) is 0 Å². The number of aryl methyl sites for hydroxylation is 2. The van der Waals surface area contributed by atoms with E-state index < -0.39 is 39.9 Å². The van der Waals surface area contributed by atoms with Gasteiger partial charge in [-0.25, -0.2) is 12.8 Å². The van der Waals surface area contributed by atoms with E-state index in [2.05, 4.69) is 5.32 Å². The fraction of sp³-hybridized carbons (Fsp3) is 0.278. The first-order valence-corrected chi connectivity index (χ1v) is 16.2. The van der Waals surface area contributed by atoms with Gasteiger partial charge in [0, 0.05) is 18.5 Å². The van der Waals surface area contributed by atoms with Crippen molar-refractivity contribution in [3.63, 3.8) is 0 Å². The lowest BCUT2D eigenvalue weighted by molar-refractivity contribution is -0.140. The molecule has 45 heavy (non-hydrogen) atoms. The highest BCUT2D eigenvalue weighted by atomic mass is 32.2. The van der Waals surface area contributed by atoms with Gasteiger partial charge in [-0.1, -0.05) is 66.7 Å². The molecule has 0 spiro atoms. The molecule has 7 nitrogen and oxygen atoms in total. The molecule has 1 N–H and O–H groups in total. The summed E-state index contributed by atoms with van der Waals surface area (Å²) >= 11 is 0. The maximum absolute atomic E-state index is 14.5. The van der Waals surface area contributed by atoms with Crippen LogP contribution in [-0.4, -0.2) is 43.3 Å². The van der Waals surface area contributed by atoms with Gasteiger partial charge in [-0.3, -0.25) is 13.9 Å². The van der Waals surface area contributed by atoms with E-state index in [0.29, 0.717) is 11.3 Å². The van der Waals surface area contributed by atoms with Crippen LogP contribution in [0.5, 0.6) is 0 Å². The van der Waals surface area contributed by atoms with Gasteiger partial charge < -0.3 is 10.2 Å². The summed E-state index contributed by atoms with van der Waals surface area (Å²) in [6.45, 7) is 8.68. The predicted octanol–water partition coefficient (Wildman–Crippen LogP) is 6.19. The normalized spacial score (nSPS) is 12.3. The van der Waals surface area contributed by atoms with Crippen molar-refractivity contribution in [1.82, 2.24) is 10.2 Å². The molecule has 0 fully saturated rings. The van der Waals surface area contributed by atoms with Crippen molar-refractivity contribution in [3.8, 4) is 0 Å². The summed E-state index contributed by atoms with van der Waals surface area (Å²) in [7, 11) is -4.19. The Kier molecular flexibility index (Phi) is 10.4. The Labute approximate surface area is 265 Å². The minimum atomic E-state index is -4.19. The first kappa shape index (κ1) is 33.4. The minimum Gasteiger partial charge on any atom is -0.350 e. The number of carbonyl (C=O) groups excluding carboxylic acids is 2. The lowest BCUT2D eigenvalue weighted by atomic mass is 10.0. The van der Waals surface area contributed by atoms with Gasteiger partial charge >= 0.3 is 0 Å². The number of hydrogen-bond acceptors (Lipinski definition) is 4. The van der Waals surface area contributed by atoms with Crippen LogP contribution in [0.1, 0.15) is 43.0 Å². The standard InChI is InChI=1S/C36H40FN3O4S/c1-26-20-27(2)22-31(21-26)40(45(43,44)32-14-10-7-11-15-32)25-34(41)39(24-29-16-18-30(37)19-17-29)33(35(42)38-36(3,4)5)23-28-12-8-6-9-13-28/h6-22,33H,23-25H2,1-5H3,(H,38,42)/t33-/m1/s1. The summed E-state index contributed by atoms with van der Waals surface area (Å²) in [6, 6.07) is 27.3. The molecule has 0 aromatic heterocycles. The summed E-state index contributed by atoms with van der Waals surface area (Å²) in [6.07, 6.45) is 0.185. The third-order valence-corrected chi connectivity index (χ3v) is 8.93. The number of carbonyl (C=O) groups is 2. The molecule has 4 aromatic rings. The van der Waals surface area contributed by atoms with Crippen LogP contribution in [-0.2, 0) is 32.6 Å². The molecule has 0 aliphatic carbocycles. The Morgan fingerprint density at radius 1 is 0.800 bits per heavy atom. The van der Waals surface area contributed by atoms with E-state index in [1.54, 1.807) is 42.5 Å². The third kappa shape index (κ3) is 9.01. The van der Waals surface area contributed by atoms with Crippen molar-refractivity contribution < 1.29 is 22.4 Å². The Morgan fingerprint density at radius 2 is 1.36 bits per heavy atom. The summed E-state index contributed by atoms with van der Waals surface area (Å²) in [5.74, 6) is -1.40. The molecule has 0 radical (unpaired) electrons. The molecule has 0 aliphatic heterocycles. The molecule has 0 saturated heterocycles. The lowest BCUT2D eigenvalue weighted by Gasteiger charge is -2.35. The highest BCUT2D eigenvalue weighted by Crippen LogP contribution is 2.27. The van der Waals surface area contributed by atoms with E-state index in [4.69, 9.17) is 0 Å². The predicted molar refractivity (Wildman–Crippen MR) is 176 cm³/mol. The van der Waals surface area contributed by atoms with E-state index in [9.17, 15) is 22.4 Å². The van der Waals surface area contributed by atoms with Gasteiger partial charge in [-0.2, -0.15) is 0 Å². The number of anilines is 1. The molecule has 0 heterocycles. The lowest BCUT2D eigenvalue weighted by Crippen LogP contribution is -2.56. The van der Waals surface area contributed by atoms with E-state index in [1.165, 1.54) is 29.2 Å². The smallest absolute Gasteiger partial charge is 0.264 e. The number of halogens is 1. The van der Waals surface area contributed by atoms with Crippen LogP contribution in [0.15, 0.2) is 108 Å². The van der Waals surface area contributed by atoms with E-state index in [0.717, 1.165) is 21.0 Å².